The van der Waals surface area contributed by atoms with Gasteiger partial charge in [-0.3, -0.25) is 0 Å². The first kappa shape index (κ1) is 12.8. The Morgan fingerprint density at radius 2 is 1.83 bits per heavy atom. The zero-order valence-electron chi connectivity index (χ0n) is 11.0. The molecule has 0 fully saturated rings. The highest BCUT2D eigenvalue weighted by Gasteiger charge is 2.12. The van der Waals surface area contributed by atoms with Crippen molar-refractivity contribution in [2.45, 2.75) is 39.3 Å². The third-order valence-corrected chi connectivity index (χ3v) is 3.29. The Morgan fingerprint density at radius 1 is 1.17 bits per heavy atom. The van der Waals surface area contributed by atoms with Crippen molar-refractivity contribution in [3.8, 4) is 0 Å². The number of aromatic nitrogens is 2. The van der Waals surface area contributed by atoms with Gasteiger partial charge in [-0.05, 0) is 24.5 Å². The van der Waals surface area contributed by atoms with Crippen molar-refractivity contribution in [2.75, 3.05) is 0 Å². The Morgan fingerprint density at radius 3 is 2.44 bits per heavy atom. The maximum Gasteiger partial charge on any atom is 0.0995 e. The summed E-state index contributed by atoms with van der Waals surface area (Å²) in [5, 5.41) is 10.2. The summed E-state index contributed by atoms with van der Waals surface area (Å²) < 4.78 is 1.98. The maximum absolute atomic E-state index is 10.2. The minimum absolute atomic E-state index is 0.486. The van der Waals surface area contributed by atoms with Crippen LogP contribution in [-0.4, -0.2) is 14.7 Å². The van der Waals surface area contributed by atoms with E-state index >= 15 is 0 Å². The lowest BCUT2D eigenvalue weighted by Crippen LogP contribution is -2.08. The fourth-order valence-electron chi connectivity index (χ4n) is 2.11. The molecule has 1 aromatic carbocycles. The molecule has 3 nitrogen and oxygen atoms in total. The molecule has 0 spiro atoms. The summed E-state index contributed by atoms with van der Waals surface area (Å²) >= 11 is 0. The normalized spacial score (nSPS) is 12.6. The molecule has 1 N–H and O–H groups in total. The predicted octanol–water partition coefficient (Wildman–Crippen LogP) is 2.74. The Hall–Kier alpha value is -1.61. The summed E-state index contributed by atoms with van der Waals surface area (Å²) in [4.78, 5) is 4.09. The van der Waals surface area contributed by atoms with Gasteiger partial charge in [-0.1, -0.05) is 31.2 Å². The number of aryl methyl sites for hydroxylation is 2. The highest BCUT2D eigenvalue weighted by atomic mass is 16.3. The molecule has 1 aromatic heterocycles. The van der Waals surface area contributed by atoms with Gasteiger partial charge in [0.15, 0.2) is 0 Å². The molecule has 1 unspecified atom stereocenters. The van der Waals surface area contributed by atoms with E-state index in [0.29, 0.717) is 6.42 Å². The largest absolute Gasteiger partial charge is 0.386 e. The third kappa shape index (κ3) is 2.79. The summed E-state index contributed by atoms with van der Waals surface area (Å²) in [7, 11) is 0. The van der Waals surface area contributed by atoms with E-state index < -0.39 is 6.10 Å². The van der Waals surface area contributed by atoms with E-state index in [9.17, 15) is 5.11 Å². The van der Waals surface area contributed by atoms with E-state index in [1.165, 1.54) is 5.56 Å². The molecule has 2 rings (SSSR count). The van der Waals surface area contributed by atoms with Crippen LogP contribution in [0.2, 0.25) is 0 Å². The number of aliphatic hydroxyl groups is 1. The van der Waals surface area contributed by atoms with E-state index in [0.717, 1.165) is 24.2 Å². The molecule has 96 valence electrons. The Balaban J connectivity index is 2.08. The number of aliphatic hydroxyl groups excluding tert-OH is 1. The van der Waals surface area contributed by atoms with Gasteiger partial charge >= 0.3 is 0 Å². The van der Waals surface area contributed by atoms with Crippen LogP contribution in [0.4, 0.5) is 0 Å². The first-order chi connectivity index (χ1) is 8.74. The molecule has 0 aliphatic rings. The van der Waals surface area contributed by atoms with Gasteiger partial charge in [-0.2, -0.15) is 0 Å². The molecule has 0 aliphatic carbocycles. The minimum atomic E-state index is -0.486. The molecular formula is C15H20N2O. The topological polar surface area (TPSA) is 38.1 Å². The van der Waals surface area contributed by atoms with Crippen LogP contribution < -0.4 is 0 Å². The van der Waals surface area contributed by atoms with Gasteiger partial charge in [-0.15, -0.1) is 0 Å². The molecule has 1 atom stereocenters. The van der Waals surface area contributed by atoms with Crippen molar-refractivity contribution in [3.63, 3.8) is 0 Å². The number of nitrogens with zero attached hydrogens (tertiary/aromatic N) is 2. The van der Waals surface area contributed by atoms with Crippen LogP contribution in [0.25, 0.3) is 0 Å². The van der Waals surface area contributed by atoms with Gasteiger partial charge in [0.1, 0.15) is 0 Å². The smallest absolute Gasteiger partial charge is 0.0995 e. The Kier molecular flexibility index (Phi) is 4.15. The van der Waals surface area contributed by atoms with Gasteiger partial charge in [-0.25, -0.2) is 4.98 Å². The molecule has 1 heterocycles. The van der Waals surface area contributed by atoms with Gasteiger partial charge in [0.2, 0.25) is 0 Å². The molecule has 18 heavy (non-hydrogen) atoms. The third-order valence-electron chi connectivity index (χ3n) is 3.29. The molecule has 0 saturated carbocycles. The van der Waals surface area contributed by atoms with Crippen molar-refractivity contribution >= 4 is 0 Å². The zero-order valence-corrected chi connectivity index (χ0v) is 11.0. The van der Waals surface area contributed by atoms with E-state index in [1.54, 1.807) is 12.5 Å². The lowest BCUT2D eigenvalue weighted by atomic mass is 10.0. The van der Waals surface area contributed by atoms with E-state index in [2.05, 4.69) is 36.2 Å². The van der Waals surface area contributed by atoms with E-state index in [1.807, 2.05) is 11.5 Å². The van der Waals surface area contributed by atoms with Crippen molar-refractivity contribution in [2.24, 2.45) is 0 Å². The van der Waals surface area contributed by atoms with Crippen LogP contribution in [0.15, 0.2) is 36.8 Å². The molecule has 0 amide bonds. The lowest BCUT2D eigenvalue weighted by molar-refractivity contribution is 0.169. The van der Waals surface area contributed by atoms with Gasteiger partial charge in [0, 0.05) is 13.0 Å². The fourth-order valence-corrected chi connectivity index (χ4v) is 2.11. The number of benzene rings is 1. The van der Waals surface area contributed by atoms with Crippen LogP contribution in [0.5, 0.6) is 0 Å². The molecule has 0 saturated heterocycles. The number of imidazole rings is 1. The second-order valence-corrected chi connectivity index (χ2v) is 4.49. The van der Waals surface area contributed by atoms with Crippen LogP contribution in [-0.2, 0) is 19.4 Å². The first-order valence-corrected chi connectivity index (χ1v) is 6.50. The molecule has 0 radical (unpaired) electrons. The molecule has 3 heteroatoms. The van der Waals surface area contributed by atoms with Gasteiger partial charge < -0.3 is 9.67 Å². The van der Waals surface area contributed by atoms with Crippen molar-refractivity contribution in [1.29, 1.82) is 0 Å². The summed E-state index contributed by atoms with van der Waals surface area (Å²) in [6.45, 7) is 5.03. The number of rotatable bonds is 5. The van der Waals surface area contributed by atoms with Crippen molar-refractivity contribution in [1.82, 2.24) is 9.55 Å². The van der Waals surface area contributed by atoms with Crippen molar-refractivity contribution < 1.29 is 5.11 Å². The zero-order chi connectivity index (χ0) is 13.0. The first-order valence-electron chi connectivity index (χ1n) is 6.50. The standard InChI is InChI=1S/C15H20N2O/c1-3-12-5-7-13(8-6-12)9-15(18)14-10-16-11-17(14)4-2/h5-8,10-11,15,18H,3-4,9H2,1-2H3. The quantitative estimate of drug-likeness (QED) is 0.878. The van der Waals surface area contributed by atoms with Crippen LogP contribution in [0.3, 0.4) is 0 Å². The molecule has 0 bridgehead atoms. The van der Waals surface area contributed by atoms with E-state index in [-0.39, 0.29) is 0 Å². The second-order valence-electron chi connectivity index (χ2n) is 4.49. The van der Waals surface area contributed by atoms with Crippen LogP contribution >= 0.6 is 0 Å². The molecular weight excluding hydrogens is 224 g/mol. The lowest BCUT2D eigenvalue weighted by Gasteiger charge is -2.13. The Bertz CT molecular complexity index is 487. The summed E-state index contributed by atoms with van der Waals surface area (Å²) in [5.41, 5.74) is 3.37. The number of hydrogen-bond acceptors (Lipinski definition) is 2. The highest BCUT2D eigenvalue weighted by molar-refractivity contribution is 5.24. The minimum Gasteiger partial charge on any atom is -0.386 e. The number of hydrogen-bond donors (Lipinski definition) is 1. The average molecular weight is 244 g/mol. The molecule has 0 aliphatic heterocycles. The summed E-state index contributed by atoms with van der Waals surface area (Å²) in [6, 6.07) is 8.43. The Labute approximate surface area is 108 Å². The summed E-state index contributed by atoms with van der Waals surface area (Å²) in [5.74, 6) is 0. The van der Waals surface area contributed by atoms with Gasteiger partial charge in [0.25, 0.3) is 0 Å². The maximum atomic E-state index is 10.2. The SMILES string of the molecule is CCc1ccc(CC(O)c2cncn2CC)cc1. The predicted molar refractivity (Wildman–Crippen MR) is 72.4 cm³/mol. The molecule has 2 aromatic rings. The van der Waals surface area contributed by atoms with Gasteiger partial charge in [0.05, 0.1) is 24.3 Å². The highest BCUT2D eigenvalue weighted by Crippen LogP contribution is 2.18. The second kappa shape index (κ2) is 5.83. The van der Waals surface area contributed by atoms with Crippen LogP contribution in [0.1, 0.15) is 36.8 Å². The summed E-state index contributed by atoms with van der Waals surface area (Å²) in [6.07, 6.45) is 4.70. The van der Waals surface area contributed by atoms with Crippen LogP contribution in [0, 0.1) is 0 Å². The van der Waals surface area contributed by atoms with Crippen molar-refractivity contribution in [3.05, 3.63) is 53.6 Å². The van der Waals surface area contributed by atoms with E-state index in [4.69, 9.17) is 0 Å². The monoisotopic (exact) mass is 244 g/mol. The average Bonchev–Trinajstić information content (AvgIpc) is 2.88. The fraction of sp³-hybridized carbons (Fsp3) is 0.400.